The number of benzene rings is 1. The van der Waals surface area contributed by atoms with Crippen molar-refractivity contribution in [2.24, 2.45) is 11.5 Å². The molecule has 0 spiro atoms. The van der Waals surface area contributed by atoms with Gasteiger partial charge in [0, 0.05) is 12.7 Å². The second kappa shape index (κ2) is 6.91. The quantitative estimate of drug-likeness (QED) is 0.695. The van der Waals surface area contributed by atoms with Gasteiger partial charge in [0.25, 0.3) is 0 Å². The predicted octanol–water partition coefficient (Wildman–Crippen LogP) is 1.11. The molecule has 0 fully saturated rings. The molecule has 4 heteroatoms. The summed E-state index contributed by atoms with van der Waals surface area (Å²) in [5.74, 6) is -0.284. The Hall–Kier alpha value is -1.55. The molecule has 1 aromatic rings. The van der Waals surface area contributed by atoms with Gasteiger partial charge in [-0.25, -0.2) is 0 Å². The molecular formula is C13H21N3O. The molecule has 0 radical (unpaired) electrons. The lowest BCUT2D eigenvalue weighted by Gasteiger charge is -2.27. The van der Waals surface area contributed by atoms with E-state index in [0.717, 1.165) is 24.9 Å². The molecule has 1 aromatic carbocycles. The molecule has 4 N–H and O–H groups in total. The fourth-order valence-electron chi connectivity index (χ4n) is 1.85. The van der Waals surface area contributed by atoms with Gasteiger partial charge >= 0.3 is 0 Å². The number of nitrogens with zero attached hydrogens (tertiary/aromatic N) is 1. The average Bonchev–Trinajstić information content (AvgIpc) is 2.34. The number of hydrogen-bond donors (Lipinski definition) is 2. The van der Waals surface area contributed by atoms with Crippen molar-refractivity contribution in [3.05, 3.63) is 30.3 Å². The Morgan fingerprint density at radius 2 is 1.94 bits per heavy atom. The van der Waals surface area contributed by atoms with Crippen molar-refractivity contribution in [2.45, 2.75) is 25.3 Å². The zero-order valence-electron chi connectivity index (χ0n) is 10.3. The molecule has 0 saturated carbocycles. The third-order valence-electron chi connectivity index (χ3n) is 2.89. The van der Waals surface area contributed by atoms with E-state index in [0.29, 0.717) is 6.54 Å². The van der Waals surface area contributed by atoms with Crippen LogP contribution in [0.5, 0.6) is 0 Å². The van der Waals surface area contributed by atoms with Crippen molar-refractivity contribution in [3.63, 3.8) is 0 Å². The van der Waals surface area contributed by atoms with E-state index in [2.05, 4.69) is 0 Å². The molecule has 0 aromatic heterocycles. The van der Waals surface area contributed by atoms with Crippen LogP contribution in [0.25, 0.3) is 0 Å². The zero-order chi connectivity index (χ0) is 12.7. The summed E-state index contributed by atoms with van der Waals surface area (Å²) in [5, 5.41) is 0. The van der Waals surface area contributed by atoms with Crippen molar-refractivity contribution >= 4 is 11.6 Å². The molecule has 0 aliphatic heterocycles. The molecule has 0 aliphatic carbocycles. The van der Waals surface area contributed by atoms with Crippen molar-refractivity contribution < 1.29 is 4.79 Å². The normalized spacial score (nSPS) is 12.1. The first kappa shape index (κ1) is 13.5. The summed E-state index contributed by atoms with van der Waals surface area (Å²) in [5.41, 5.74) is 11.9. The van der Waals surface area contributed by atoms with Gasteiger partial charge in [0.1, 0.15) is 6.04 Å². The number of amides is 1. The van der Waals surface area contributed by atoms with Crippen molar-refractivity contribution in [2.75, 3.05) is 18.5 Å². The fourth-order valence-corrected chi connectivity index (χ4v) is 1.85. The van der Waals surface area contributed by atoms with E-state index in [1.807, 2.05) is 42.3 Å². The summed E-state index contributed by atoms with van der Waals surface area (Å²) in [7, 11) is 1.90. The van der Waals surface area contributed by atoms with Crippen LogP contribution in [0.15, 0.2) is 30.3 Å². The monoisotopic (exact) mass is 235 g/mol. The van der Waals surface area contributed by atoms with Crippen LogP contribution in [0.4, 0.5) is 5.69 Å². The number of primary amides is 1. The van der Waals surface area contributed by atoms with Gasteiger partial charge < -0.3 is 16.4 Å². The Morgan fingerprint density at radius 1 is 1.29 bits per heavy atom. The molecule has 1 rings (SSSR count). The van der Waals surface area contributed by atoms with Crippen LogP contribution in [0.3, 0.4) is 0 Å². The highest BCUT2D eigenvalue weighted by molar-refractivity contribution is 5.83. The molecule has 0 unspecified atom stereocenters. The van der Waals surface area contributed by atoms with Crippen LogP contribution < -0.4 is 16.4 Å². The molecule has 0 heterocycles. The highest BCUT2D eigenvalue weighted by atomic mass is 16.1. The maximum atomic E-state index is 11.5. The van der Waals surface area contributed by atoms with E-state index in [9.17, 15) is 4.79 Å². The Morgan fingerprint density at radius 3 is 2.47 bits per heavy atom. The number of para-hydroxylation sites is 1. The van der Waals surface area contributed by atoms with E-state index < -0.39 is 0 Å². The fraction of sp³-hybridized carbons (Fsp3) is 0.462. The van der Waals surface area contributed by atoms with Gasteiger partial charge in [0.05, 0.1) is 0 Å². The highest BCUT2D eigenvalue weighted by Crippen LogP contribution is 2.17. The number of carbonyl (C=O) groups is 1. The Bertz CT molecular complexity index is 340. The minimum Gasteiger partial charge on any atom is -0.368 e. The topological polar surface area (TPSA) is 72.3 Å². The van der Waals surface area contributed by atoms with E-state index in [-0.39, 0.29) is 11.9 Å². The number of rotatable bonds is 7. The number of unbranched alkanes of at least 4 members (excludes halogenated alkanes) is 1. The van der Waals surface area contributed by atoms with Crippen LogP contribution in [0, 0.1) is 0 Å². The SMILES string of the molecule is CN(c1ccccc1)[C@@H](CCCCN)C(N)=O. The summed E-state index contributed by atoms with van der Waals surface area (Å²) >= 11 is 0. The van der Waals surface area contributed by atoms with Crippen LogP contribution in [0.2, 0.25) is 0 Å². The molecule has 1 amide bonds. The van der Waals surface area contributed by atoms with Gasteiger partial charge in [0.15, 0.2) is 0 Å². The molecule has 0 bridgehead atoms. The maximum Gasteiger partial charge on any atom is 0.240 e. The molecule has 17 heavy (non-hydrogen) atoms. The van der Waals surface area contributed by atoms with Gasteiger partial charge in [-0.2, -0.15) is 0 Å². The van der Waals surface area contributed by atoms with Crippen LogP contribution in [0.1, 0.15) is 19.3 Å². The summed E-state index contributed by atoms with van der Waals surface area (Å²) in [6.07, 6.45) is 2.59. The zero-order valence-corrected chi connectivity index (χ0v) is 10.3. The van der Waals surface area contributed by atoms with Gasteiger partial charge in [-0.3, -0.25) is 4.79 Å². The van der Waals surface area contributed by atoms with E-state index in [4.69, 9.17) is 11.5 Å². The predicted molar refractivity (Wildman–Crippen MR) is 70.7 cm³/mol. The Labute approximate surface area is 103 Å². The first-order valence-corrected chi connectivity index (χ1v) is 5.94. The number of anilines is 1. The number of carbonyl (C=O) groups excluding carboxylic acids is 1. The summed E-state index contributed by atoms with van der Waals surface area (Å²) in [6, 6.07) is 9.53. The lowest BCUT2D eigenvalue weighted by Crippen LogP contribution is -2.42. The molecular weight excluding hydrogens is 214 g/mol. The Balaban J connectivity index is 2.67. The highest BCUT2D eigenvalue weighted by Gasteiger charge is 2.20. The standard InChI is InChI=1S/C13H21N3O/c1-16(11-7-3-2-4-8-11)12(13(15)17)9-5-6-10-14/h2-4,7-8,12H,5-6,9-10,14H2,1H3,(H2,15,17)/t12-/m0/s1. The molecule has 4 nitrogen and oxygen atoms in total. The Kier molecular flexibility index (Phi) is 5.49. The van der Waals surface area contributed by atoms with Crippen molar-refractivity contribution in [1.82, 2.24) is 0 Å². The summed E-state index contributed by atoms with van der Waals surface area (Å²) in [6.45, 7) is 0.653. The van der Waals surface area contributed by atoms with Gasteiger partial charge in [0.2, 0.25) is 5.91 Å². The number of likely N-dealkylation sites (N-methyl/N-ethyl adjacent to an activating group) is 1. The van der Waals surface area contributed by atoms with Gasteiger partial charge in [-0.1, -0.05) is 18.2 Å². The maximum absolute atomic E-state index is 11.5. The number of nitrogens with two attached hydrogens (primary N) is 2. The average molecular weight is 235 g/mol. The summed E-state index contributed by atoms with van der Waals surface area (Å²) < 4.78 is 0. The molecule has 1 atom stereocenters. The van der Waals surface area contributed by atoms with E-state index in [1.165, 1.54) is 0 Å². The minimum absolute atomic E-state index is 0.260. The number of hydrogen-bond acceptors (Lipinski definition) is 3. The first-order valence-electron chi connectivity index (χ1n) is 5.94. The third kappa shape index (κ3) is 4.07. The molecule has 94 valence electrons. The minimum atomic E-state index is -0.284. The molecule has 0 aliphatic rings. The third-order valence-corrected chi connectivity index (χ3v) is 2.89. The van der Waals surface area contributed by atoms with Crippen molar-refractivity contribution in [3.8, 4) is 0 Å². The smallest absolute Gasteiger partial charge is 0.240 e. The second-order valence-electron chi connectivity index (χ2n) is 4.15. The lowest BCUT2D eigenvalue weighted by atomic mass is 10.1. The van der Waals surface area contributed by atoms with E-state index >= 15 is 0 Å². The molecule has 0 saturated heterocycles. The van der Waals surface area contributed by atoms with Crippen LogP contribution in [-0.4, -0.2) is 25.5 Å². The van der Waals surface area contributed by atoms with Crippen LogP contribution in [-0.2, 0) is 4.79 Å². The van der Waals surface area contributed by atoms with Crippen molar-refractivity contribution in [1.29, 1.82) is 0 Å². The van der Waals surface area contributed by atoms with Gasteiger partial charge in [-0.15, -0.1) is 0 Å². The first-order chi connectivity index (χ1) is 8.16. The van der Waals surface area contributed by atoms with E-state index in [1.54, 1.807) is 0 Å². The van der Waals surface area contributed by atoms with Gasteiger partial charge in [-0.05, 0) is 37.9 Å². The van der Waals surface area contributed by atoms with Crippen LogP contribution >= 0.6 is 0 Å². The lowest BCUT2D eigenvalue weighted by molar-refractivity contribution is -0.119. The largest absolute Gasteiger partial charge is 0.368 e. The summed E-state index contributed by atoms with van der Waals surface area (Å²) in [4.78, 5) is 13.4. The second-order valence-corrected chi connectivity index (χ2v) is 4.15.